The van der Waals surface area contributed by atoms with Crippen LogP contribution in [0.5, 0.6) is 0 Å². The topological polar surface area (TPSA) is 90.7 Å². The van der Waals surface area contributed by atoms with Gasteiger partial charge in [-0.25, -0.2) is 4.98 Å². The van der Waals surface area contributed by atoms with Crippen molar-refractivity contribution in [3.05, 3.63) is 48.4 Å². The van der Waals surface area contributed by atoms with Gasteiger partial charge in [0.15, 0.2) is 0 Å². The first kappa shape index (κ1) is 12.4. The van der Waals surface area contributed by atoms with E-state index in [-0.39, 0.29) is 0 Å². The van der Waals surface area contributed by atoms with Crippen LogP contribution < -0.4 is 5.73 Å². The highest BCUT2D eigenvalue weighted by Crippen LogP contribution is 2.21. The van der Waals surface area contributed by atoms with Crippen LogP contribution in [0.3, 0.4) is 0 Å². The number of hydrogen-bond donors (Lipinski definition) is 1. The van der Waals surface area contributed by atoms with E-state index in [9.17, 15) is 0 Å². The Bertz CT molecular complexity index is 696. The van der Waals surface area contributed by atoms with Crippen molar-refractivity contribution >= 4 is 0 Å². The Labute approximate surface area is 115 Å². The average Bonchev–Trinajstić information content (AvgIpc) is 2.99. The van der Waals surface area contributed by atoms with Crippen LogP contribution in [-0.4, -0.2) is 26.7 Å². The molecular weight excluding hydrogens is 254 g/mol. The van der Waals surface area contributed by atoms with Gasteiger partial charge in [-0.2, -0.15) is 4.98 Å². The van der Waals surface area contributed by atoms with Crippen molar-refractivity contribution in [2.75, 3.05) is 6.54 Å². The first-order valence-electron chi connectivity index (χ1n) is 6.26. The second-order valence-corrected chi connectivity index (χ2v) is 4.25. The smallest absolute Gasteiger partial charge is 0.258 e. The molecule has 0 atom stereocenters. The molecule has 0 saturated heterocycles. The third kappa shape index (κ3) is 2.55. The van der Waals surface area contributed by atoms with Gasteiger partial charge in [0.2, 0.25) is 5.82 Å². The summed E-state index contributed by atoms with van der Waals surface area (Å²) in [4.78, 5) is 12.5. The molecule has 3 rings (SSSR count). The summed E-state index contributed by atoms with van der Waals surface area (Å²) in [6.45, 7) is 0.609. The van der Waals surface area contributed by atoms with Gasteiger partial charge in [0, 0.05) is 18.0 Å². The Hall–Kier alpha value is -2.60. The van der Waals surface area contributed by atoms with Crippen LogP contribution in [0.4, 0.5) is 0 Å². The fourth-order valence-electron chi connectivity index (χ4n) is 1.89. The summed E-state index contributed by atoms with van der Waals surface area (Å²) in [6, 6.07) is 7.90. The molecule has 0 saturated carbocycles. The highest BCUT2D eigenvalue weighted by atomic mass is 16.5. The zero-order chi connectivity index (χ0) is 13.8. The van der Waals surface area contributed by atoms with Crippen molar-refractivity contribution in [3.63, 3.8) is 0 Å². The molecule has 0 unspecified atom stereocenters. The molecule has 0 amide bonds. The van der Waals surface area contributed by atoms with Gasteiger partial charge in [-0.3, -0.25) is 4.98 Å². The Morgan fingerprint density at radius 3 is 2.95 bits per heavy atom. The van der Waals surface area contributed by atoms with E-state index >= 15 is 0 Å². The number of benzene rings is 1. The molecule has 2 heterocycles. The minimum absolute atomic E-state index is 0.428. The lowest BCUT2D eigenvalue weighted by Gasteiger charge is -1.99. The maximum absolute atomic E-state index is 5.56. The van der Waals surface area contributed by atoms with Gasteiger partial charge in [-0.05, 0) is 30.7 Å². The Morgan fingerprint density at radius 2 is 2.15 bits per heavy atom. The second kappa shape index (κ2) is 5.58. The van der Waals surface area contributed by atoms with E-state index in [0.29, 0.717) is 24.0 Å². The molecule has 0 bridgehead atoms. The van der Waals surface area contributed by atoms with Gasteiger partial charge >= 0.3 is 0 Å². The molecule has 20 heavy (non-hydrogen) atoms. The van der Waals surface area contributed by atoms with Gasteiger partial charge in [0.25, 0.3) is 5.89 Å². The standard InChI is InChI=1S/C14H13N5O/c15-5-4-10-2-1-3-11(8-10)14-18-13(19-20-14)12-9-16-6-7-17-12/h1-3,6-9H,4-5,15H2. The van der Waals surface area contributed by atoms with Crippen molar-refractivity contribution in [1.82, 2.24) is 20.1 Å². The summed E-state index contributed by atoms with van der Waals surface area (Å²) >= 11 is 0. The molecule has 2 N–H and O–H groups in total. The molecule has 0 aliphatic carbocycles. The van der Waals surface area contributed by atoms with Gasteiger partial charge in [0.1, 0.15) is 5.69 Å². The van der Waals surface area contributed by atoms with Gasteiger partial charge < -0.3 is 10.3 Å². The first-order valence-corrected chi connectivity index (χ1v) is 6.26. The highest BCUT2D eigenvalue weighted by Gasteiger charge is 2.11. The second-order valence-electron chi connectivity index (χ2n) is 4.25. The van der Waals surface area contributed by atoms with Crippen LogP contribution in [0.2, 0.25) is 0 Å². The molecule has 1 aromatic carbocycles. The van der Waals surface area contributed by atoms with E-state index in [1.807, 2.05) is 24.3 Å². The number of hydrogen-bond acceptors (Lipinski definition) is 6. The molecular formula is C14H13N5O. The fraction of sp³-hybridized carbons (Fsp3) is 0.143. The summed E-state index contributed by atoms with van der Waals surface area (Å²) in [5, 5.41) is 3.93. The SMILES string of the molecule is NCCc1cccc(-c2nc(-c3cnccn3)no2)c1. The lowest BCUT2D eigenvalue weighted by molar-refractivity contribution is 0.432. The maximum atomic E-state index is 5.56. The van der Waals surface area contributed by atoms with E-state index in [1.54, 1.807) is 18.6 Å². The summed E-state index contributed by atoms with van der Waals surface area (Å²) in [5.74, 6) is 0.891. The highest BCUT2D eigenvalue weighted by molar-refractivity contribution is 5.57. The lowest BCUT2D eigenvalue weighted by atomic mass is 10.1. The number of rotatable bonds is 4. The summed E-state index contributed by atoms with van der Waals surface area (Å²) < 4.78 is 5.28. The molecule has 3 aromatic rings. The van der Waals surface area contributed by atoms with Crippen LogP contribution in [0.25, 0.3) is 23.0 Å². The molecule has 0 fully saturated rings. The predicted octanol–water partition coefficient (Wildman–Crippen LogP) is 1.69. The van der Waals surface area contributed by atoms with Crippen LogP contribution in [0.15, 0.2) is 47.4 Å². The number of nitrogens with zero attached hydrogens (tertiary/aromatic N) is 4. The number of aromatic nitrogens is 4. The molecule has 100 valence electrons. The summed E-state index contributed by atoms with van der Waals surface area (Å²) in [7, 11) is 0. The van der Waals surface area contributed by atoms with Crippen molar-refractivity contribution in [3.8, 4) is 23.0 Å². The van der Waals surface area contributed by atoms with Crippen LogP contribution in [-0.2, 0) is 6.42 Å². The minimum Gasteiger partial charge on any atom is -0.334 e. The molecule has 0 aliphatic rings. The van der Waals surface area contributed by atoms with Crippen LogP contribution in [0, 0.1) is 0 Å². The molecule has 6 nitrogen and oxygen atoms in total. The van der Waals surface area contributed by atoms with Crippen molar-refractivity contribution in [1.29, 1.82) is 0 Å². The van der Waals surface area contributed by atoms with Crippen LogP contribution >= 0.6 is 0 Å². The first-order chi connectivity index (χ1) is 9.86. The van der Waals surface area contributed by atoms with Gasteiger partial charge in [-0.1, -0.05) is 17.3 Å². The molecule has 0 aliphatic heterocycles. The maximum Gasteiger partial charge on any atom is 0.258 e. The van der Waals surface area contributed by atoms with Crippen molar-refractivity contribution in [2.45, 2.75) is 6.42 Å². The molecule has 0 spiro atoms. The zero-order valence-corrected chi connectivity index (χ0v) is 10.7. The minimum atomic E-state index is 0.428. The van der Waals surface area contributed by atoms with E-state index < -0.39 is 0 Å². The van der Waals surface area contributed by atoms with E-state index in [0.717, 1.165) is 17.5 Å². The van der Waals surface area contributed by atoms with Crippen molar-refractivity contribution in [2.24, 2.45) is 5.73 Å². The third-order valence-corrected chi connectivity index (χ3v) is 2.83. The third-order valence-electron chi connectivity index (χ3n) is 2.83. The average molecular weight is 267 g/mol. The molecule has 2 aromatic heterocycles. The fourth-order valence-corrected chi connectivity index (χ4v) is 1.89. The zero-order valence-electron chi connectivity index (χ0n) is 10.7. The van der Waals surface area contributed by atoms with E-state index in [4.69, 9.17) is 10.3 Å². The Morgan fingerprint density at radius 1 is 1.20 bits per heavy atom. The molecule has 6 heteroatoms. The normalized spacial score (nSPS) is 10.7. The summed E-state index contributed by atoms with van der Waals surface area (Å²) in [5.41, 5.74) is 8.16. The molecule has 0 radical (unpaired) electrons. The monoisotopic (exact) mass is 267 g/mol. The van der Waals surface area contributed by atoms with Gasteiger partial charge in [0.05, 0.1) is 6.20 Å². The summed E-state index contributed by atoms with van der Waals surface area (Å²) in [6.07, 6.45) is 5.60. The van der Waals surface area contributed by atoms with Gasteiger partial charge in [-0.15, -0.1) is 0 Å². The van der Waals surface area contributed by atoms with Crippen molar-refractivity contribution < 1.29 is 4.52 Å². The Balaban J connectivity index is 1.92. The Kier molecular flexibility index (Phi) is 3.47. The van der Waals surface area contributed by atoms with E-state index in [1.165, 1.54) is 0 Å². The van der Waals surface area contributed by atoms with Crippen LogP contribution in [0.1, 0.15) is 5.56 Å². The largest absolute Gasteiger partial charge is 0.334 e. The number of nitrogens with two attached hydrogens (primary N) is 1. The quantitative estimate of drug-likeness (QED) is 0.773. The van der Waals surface area contributed by atoms with E-state index in [2.05, 4.69) is 20.1 Å². The lowest BCUT2D eigenvalue weighted by Crippen LogP contribution is -2.02. The predicted molar refractivity (Wildman–Crippen MR) is 73.5 cm³/mol.